The van der Waals surface area contributed by atoms with Crippen molar-refractivity contribution in [3.05, 3.63) is 29.5 Å². The molecule has 2 aromatic heterocycles. The molecule has 96 valence electrons. The molecule has 2 N–H and O–H groups in total. The highest BCUT2D eigenvalue weighted by atomic mass is 32.1. The van der Waals surface area contributed by atoms with Gasteiger partial charge in [0.15, 0.2) is 10.8 Å². The molecular weight excluding hydrogens is 252 g/mol. The van der Waals surface area contributed by atoms with E-state index in [1.165, 1.54) is 11.3 Å². The highest BCUT2D eigenvalue weighted by molar-refractivity contribution is 7.13. The number of amides is 1. The van der Waals surface area contributed by atoms with Crippen LogP contribution in [0.5, 0.6) is 0 Å². The number of carbonyl (C=O) groups excluding carboxylic acids is 1. The van der Waals surface area contributed by atoms with E-state index >= 15 is 0 Å². The molecule has 0 radical (unpaired) electrons. The monoisotopic (exact) mass is 266 g/mol. The lowest BCUT2D eigenvalue weighted by Gasteiger charge is -2.10. The van der Waals surface area contributed by atoms with Crippen LogP contribution in [0.15, 0.2) is 28.2 Å². The van der Waals surface area contributed by atoms with Gasteiger partial charge in [-0.3, -0.25) is 4.79 Å². The Hall–Kier alpha value is -1.66. The van der Waals surface area contributed by atoms with Crippen LogP contribution in [-0.2, 0) is 0 Å². The van der Waals surface area contributed by atoms with Crippen molar-refractivity contribution in [2.75, 3.05) is 6.61 Å². The lowest BCUT2D eigenvalue weighted by molar-refractivity contribution is 0.0930. The number of nitrogens with one attached hydrogen (secondary N) is 1. The second kappa shape index (κ2) is 5.79. The Morgan fingerprint density at radius 2 is 2.50 bits per heavy atom. The Kier molecular flexibility index (Phi) is 4.11. The summed E-state index contributed by atoms with van der Waals surface area (Å²) < 4.78 is 5.22. The molecule has 0 aromatic carbocycles. The van der Waals surface area contributed by atoms with Gasteiger partial charge in [-0.1, -0.05) is 0 Å². The number of rotatable bonds is 5. The van der Waals surface area contributed by atoms with Gasteiger partial charge in [0.1, 0.15) is 5.69 Å². The fourth-order valence-corrected chi connectivity index (χ4v) is 2.22. The quantitative estimate of drug-likeness (QED) is 0.866. The Morgan fingerprint density at radius 1 is 1.67 bits per heavy atom. The smallest absolute Gasteiger partial charge is 0.270 e. The third-order valence-corrected chi connectivity index (χ3v) is 3.27. The molecule has 6 heteroatoms. The number of thiazole rings is 1. The lowest BCUT2D eigenvalue weighted by atomic mass is 10.2. The van der Waals surface area contributed by atoms with Gasteiger partial charge >= 0.3 is 0 Å². The van der Waals surface area contributed by atoms with E-state index in [0.29, 0.717) is 22.9 Å². The van der Waals surface area contributed by atoms with Gasteiger partial charge < -0.3 is 14.8 Å². The normalized spacial score (nSPS) is 12.3. The van der Waals surface area contributed by atoms with Gasteiger partial charge in [-0.25, -0.2) is 4.98 Å². The molecule has 1 atom stereocenters. The average molecular weight is 266 g/mol. The molecule has 18 heavy (non-hydrogen) atoms. The zero-order valence-corrected chi connectivity index (χ0v) is 10.7. The van der Waals surface area contributed by atoms with Crippen molar-refractivity contribution in [3.63, 3.8) is 0 Å². The molecule has 1 amide bonds. The molecule has 0 bridgehead atoms. The van der Waals surface area contributed by atoms with Crippen molar-refractivity contribution in [2.24, 2.45) is 0 Å². The summed E-state index contributed by atoms with van der Waals surface area (Å²) in [6, 6.07) is 3.51. The fourth-order valence-electron chi connectivity index (χ4n) is 1.46. The molecule has 0 aliphatic rings. The summed E-state index contributed by atoms with van der Waals surface area (Å²) in [5, 5.41) is 13.9. The van der Waals surface area contributed by atoms with Crippen LogP contribution in [-0.4, -0.2) is 28.6 Å². The molecule has 0 spiro atoms. The molecule has 0 fully saturated rings. The average Bonchev–Trinajstić information content (AvgIpc) is 3.00. The van der Waals surface area contributed by atoms with Crippen molar-refractivity contribution in [1.82, 2.24) is 10.3 Å². The maximum atomic E-state index is 11.8. The van der Waals surface area contributed by atoms with Crippen LogP contribution in [0.2, 0.25) is 0 Å². The second-order valence-electron chi connectivity index (χ2n) is 3.90. The Labute approximate surface area is 108 Å². The van der Waals surface area contributed by atoms with Gasteiger partial charge in [-0.15, -0.1) is 11.3 Å². The predicted octanol–water partition coefficient (Wildman–Crippen LogP) is 1.90. The van der Waals surface area contributed by atoms with E-state index in [1.807, 2.05) is 6.92 Å². The number of hydrogen-bond acceptors (Lipinski definition) is 5. The van der Waals surface area contributed by atoms with Crippen molar-refractivity contribution in [1.29, 1.82) is 0 Å². The van der Waals surface area contributed by atoms with E-state index in [4.69, 9.17) is 9.52 Å². The standard InChI is InChI=1S/C12H14N2O3S/c1-8(4-5-15)13-11(16)9-7-18-12(14-9)10-3-2-6-17-10/h2-3,6-8,15H,4-5H2,1H3,(H,13,16)/t8-/m1/s1. The minimum atomic E-state index is -0.231. The number of nitrogens with zero attached hydrogens (tertiary/aromatic N) is 1. The Balaban J connectivity index is 2.04. The topological polar surface area (TPSA) is 75.4 Å². The van der Waals surface area contributed by atoms with Crippen LogP contribution >= 0.6 is 11.3 Å². The van der Waals surface area contributed by atoms with Gasteiger partial charge in [-0.05, 0) is 25.5 Å². The van der Waals surface area contributed by atoms with Crippen LogP contribution in [0.3, 0.4) is 0 Å². The first-order chi connectivity index (χ1) is 8.70. The molecule has 2 rings (SSSR count). The molecule has 0 unspecified atom stereocenters. The summed E-state index contributed by atoms with van der Waals surface area (Å²) in [5.74, 6) is 0.424. The first-order valence-corrected chi connectivity index (χ1v) is 6.50. The maximum absolute atomic E-state index is 11.8. The van der Waals surface area contributed by atoms with Crippen LogP contribution in [0.1, 0.15) is 23.8 Å². The highest BCUT2D eigenvalue weighted by Gasteiger charge is 2.14. The number of furan rings is 1. The van der Waals surface area contributed by atoms with Crippen LogP contribution in [0, 0.1) is 0 Å². The van der Waals surface area contributed by atoms with E-state index in [0.717, 1.165) is 0 Å². The first kappa shape index (κ1) is 12.8. The number of aromatic nitrogens is 1. The highest BCUT2D eigenvalue weighted by Crippen LogP contribution is 2.23. The van der Waals surface area contributed by atoms with E-state index in [-0.39, 0.29) is 18.6 Å². The second-order valence-corrected chi connectivity index (χ2v) is 4.76. The molecule has 5 nitrogen and oxygen atoms in total. The summed E-state index contributed by atoms with van der Waals surface area (Å²) in [4.78, 5) is 16.0. The Morgan fingerprint density at radius 3 is 3.17 bits per heavy atom. The van der Waals surface area contributed by atoms with Gasteiger partial charge in [0.05, 0.1) is 6.26 Å². The van der Waals surface area contributed by atoms with Gasteiger partial charge in [0, 0.05) is 18.0 Å². The SMILES string of the molecule is C[C@H](CCO)NC(=O)c1csc(-c2ccco2)n1. The molecule has 0 saturated carbocycles. The minimum absolute atomic E-state index is 0.0517. The summed E-state index contributed by atoms with van der Waals surface area (Å²) >= 11 is 1.36. The predicted molar refractivity (Wildman–Crippen MR) is 68.4 cm³/mol. The number of hydrogen-bond donors (Lipinski definition) is 2. The van der Waals surface area contributed by atoms with Crippen molar-refractivity contribution < 1.29 is 14.3 Å². The molecule has 2 heterocycles. The molecule has 0 aliphatic carbocycles. The Bertz CT molecular complexity index is 507. The summed E-state index contributed by atoms with van der Waals surface area (Å²) in [7, 11) is 0. The van der Waals surface area contributed by atoms with Crippen LogP contribution in [0.25, 0.3) is 10.8 Å². The fraction of sp³-hybridized carbons (Fsp3) is 0.333. The van der Waals surface area contributed by atoms with Gasteiger partial charge in [0.25, 0.3) is 5.91 Å². The lowest BCUT2D eigenvalue weighted by Crippen LogP contribution is -2.33. The summed E-state index contributed by atoms with van der Waals surface area (Å²) in [6.45, 7) is 1.89. The van der Waals surface area contributed by atoms with E-state index in [2.05, 4.69) is 10.3 Å². The van der Waals surface area contributed by atoms with Crippen LogP contribution < -0.4 is 5.32 Å². The number of carbonyl (C=O) groups is 1. The summed E-state index contributed by atoms with van der Waals surface area (Å²) in [6.07, 6.45) is 2.10. The van der Waals surface area contributed by atoms with E-state index in [1.54, 1.807) is 23.8 Å². The zero-order valence-electron chi connectivity index (χ0n) is 9.92. The van der Waals surface area contributed by atoms with Gasteiger partial charge in [-0.2, -0.15) is 0 Å². The van der Waals surface area contributed by atoms with Crippen LogP contribution in [0.4, 0.5) is 0 Å². The van der Waals surface area contributed by atoms with Crippen molar-refractivity contribution in [2.45, 2.75) is 19.4 Å². The molecule has 0 saturated heterocycles. The zero-order chi connectivity index (χ0) is 13.0. The van der Waals surface area contributed by atoms with Crippen molar-refractivity contribution in [3.8, 4) is 10.8 Å². The number of aliphatic hydroxyl groups is 1. The third kappa shape index (κ3) is 2.96. The molecule has 0 aliphatic heterocycles. The van der Waals surface area contributed by atoms with Gasteiger partial charge in [0.2, 0.25) is 0 Å². The minimum Gasteiger partial charge on any atom is -0.462 e. The first-order valence-electron chi connectivity index (χ1n) is 5.62. The number of aliphatic hydroxyl groups excluding tert-OH is 1. The maximum Gasteiger partial charge on any atom is 0.270 e. The third-order valence-electron chi connectivity index (χ3n) is 2.41. The molecular formula is C12H14N2O3S. The van der Waals surface area contributed by atoms with Crippen molar-refractivity contribution >= 4 is 17.2 Å². The summed E-state index contributed by atoms with van der Waals surface area (Å²) in [5.41, 5.74) is 0.371. The largest absolute Gasteiger partial charge is 0.462 e. The van der Waals surface area contributed by atoms with E-state index < -0.39 is 0 Å². The molecule has 2 aromatic rings. The van der Waals surface area contributed by atoms with E-state index in [9.17, 15) is 4.79 Å².